The molecule has 0 bridgehead atoms. The molecule has 7 aromatic carbocycles. The average molecular weight is 619 g/mol. The molecule has 0 unspecified atom stereocenters. The van der Waals surface area contributed by atoms with Crippen molar-refractivity contribution in [2.75, 3.05) is 4.90 Å². The summed E-state index contributed by atoms with van der Waals surface area (Å²) in [7, 11) is 0. The van der Waals surface area contributed by atoms with Crippen LogP contribution >= 0.6 is 11.3 Å². The molecule has 47 heavy (non-hydrogen) atoms. The van der Waals surface area contributed by atoms with Crippen LogP contribution in [0.2, 0.25) is 0 Å². The van der Waals surface area contributed by atoms with E-state index in [9.17, 15) is 0 Å². The van der Waals surface area contributed by atoms with E-state index in [1.165, 1.54) is 36.3 Å². The molecule has 3 heterocycles. The molecule has 10 aromatic rings. The molecule has 0 amide bonds. The SMILES string of the molecule is c1ccc(N(c2ccc(-c3nc4ccccc4c4c3ccc3c5ccccc5sc34)cc2)c2cccc3c2oc2ccccc23)cc1. The molecule has 0 aliphatic carbocycles. The molecule has 10 rings (SSSR count). The molecule has 0 saturated heterocycles. The second-order valence-corrected chi connectivity index (χ2v) is 13.0. The van der Waals surface area contributed by atoms with Gasteiger partial charge in [0.25, 0.3) is 0 Å². The quantitative estimate of drug-likeness (QED) is 0.184. The number of pyridine rings is 1. The van der Waals surface area contributed by atoms with Gasteiger partial charge in [0.1, 0.15) is 5.58 Å². The molecule has 0 aliphatic rings. The van der Waals surface area contributed by atoms with Crippen LogP contribution in [-0.2, 0) is 0 Å². The van der Waals surface area contributed by atoms with Crippen molar-refractivity contribution in [1.82, 2.24) is 4.98 Å². The Balaban J connectivity index is 1.17. The number of anilines is 3. The number of thiophene rings is 1. The number of hydrogen-bond donors (Lipinski definition) is 0. The van der Waals surface area contributed by atoms with Crippen LogP contribution in [0.5, 0.6) is 0 Å². The second kappa shape index (κ2) is 10.3. The number of aromatic nitrogens is 1. The van der Waals surface area contributed by atoms with E-state index in [0.717, 1.165) is 55.8 Å². The van der Waals surface area contributed by atoms with Crippen LogP contribution in [-0.4, -0.2) is 4.98 Å². The molecule has 0 radical (unpaired) electrons. The lowest BCUT2D eigenvalue weighted by Crippen LogP contribution is -2.10. The third-order valence-corrected chi connectivity index (χ3v) is 10.4. The Morgan fingerprint density at radius 2 is 1.17 bits per heavy atom. The normalized spacial score (nSPS) is 11.8. The van der Waals surface area contributed by atoms with Crippen molar-refractivity contribution < 1.29 is 4.42 Å². The summed E-state index contributed by atoms with van der Waals surface area (Å²) in [6, 6.07) is 55.7. The molecule has 4 heteroatoms. The van der Waals surface area contributed by atoms with Gasteiger partial charge in [-0.1, -0.05) is 109 Å². The predicted octanol–water partition coefficient (Wildman–Crippen LogP) is 12.8. The van der Waals surface area contributed by atoms with Gasteiger partial charge in [-0.3, -0.25) is 0 Å². The lowest BCUT2D eigenvalue weighted by Gasteiger charge is -2.25. The van der Waals surface area contributed by atoms with Gasteiger partial charge in [-0.15, -0.1) is 11.3 Å². The zero-order valence-corrected chi connectivity index (χ0v) is 26.0. The topological polar surface area (TPSA) is 29.3 Å². The second-order valence-electron chi connectivity index (χ2n) is 11.9. The summed E-state index contributed by atoms with van der Waals surface area (Å²) in [5, 5.41) is 8.47. The molecule has 0 aliphatic heterocycles. The van der Waals surface area contributed by atoms with Crippen LogP contribution in [0.3, 0.4) is 0 Å². The summed E-state index contributed by atoms with van der Waals surface area (Å²) < 4.78 is 9.12. The van der Waals surface area contributed by atoms with Crippen molar-refractivity contribution in [3.63, 3.8) is 0 Å². The maximum absolute atomic E-state index is 6.50. The van der Waals surface area contributed by atoms with E-state index in [0.29, 0.717) is 0 Å². The Morgan fingerprint density at radius 3 is 2.04 bits per heavy atom. The van der Waals surface area contributed by atoms with Crippen molar-refractivity contribution in [3.05, 3.63) is 158 Å². The highest BCUT2D eigenvalue weighted by Gasteiger charge is 2.20. The zero-order valence-electron chi connectivity index (χ0n) is 25.2. The summed E-state index contributed by atoms with van der Waals surface area (Å²) in [6.45, 7) is 0. The van der Waals surface area contributed by atoms with Gasteiger partial charge in [-0.05, 0) is 48.5 Å². The number of rotatable bonds is 4. The Kier molecular flexibility index (Phi) is 5.74. The van der Waals surface area contributed by atoms with Crippen LogP contribution in [0.4, 0.5) is 17.1 Å². The third-order valence-electron chi connectivity index (χ3n) is 9.25. The van der Waals surface area contributed by atoms with Gasteiger partial charge in [0, 0.05) is 64.0 Å². The Labute approximate surface area is 274 Å². The Hall–Kier alpha value is -5.97. The van der Waals surface area contributed by atoms with Crippen LogP contribution in [0.1, 0.15) is 0 Å². The predicted molar refractivity (Wildman–Crippen MR) is 200 cm³/mol. The number of para-hydroxylation sites is 4. The summed E-state index contributed by atoms with van der Waals surface area (Å²) in [5.74, 6) is 0. The minimum atomic E-state index is 0.871. The van der Waals surface area contributed by atoms with Gasteiger partial charge >= 0.3 is 0 Å². The molecule has 0 fully saturated rings. The largest absolute Gasteiger partial charge is 0.454 e. The van der Waals surface area contributed by atoms with E-state index in [1.807, 2.05) is 23.5 Å². The maximum Gasteiger partial charge on any atom is 0.159 e. The summed E-state index contributed by atoms with van der Waals surface area (Å²) in [4.78, 5) is 7.55. The molecule has 3 nitrogen and oxygen atoms in total. The first-order chi connectivity index (χ1) is 23.3. The van der Waals surface area contributed by atoms with Gasteiger partial charge in [0.2, 0.25) is 0 Å². The molecule has 0 N–H and O–H groups in total. The van der Waals surface area contributed by atoms with Crippen molar-refractivity contribution in [2.45, 2.75) is 0 Å². The molecular formula is C43H26N2OS. The van der Waals surface area contributed by atoms with Crippen molar-refractivity contribution in [3.8, 4) is 11.3 Å². The molecule has 0 saturated carbocycles. The summed E-state index contributed by atoms with van der Waals surface area (Å²) in [5.41, 5.74) is 7.96. The number of benzene rings is 7. The van der Waals surface area contributed by atoms with E-state index in [-0.39, 0.29) is 0 Å². The standard InChI is InChI=1S/C43H26N2OS/c1-2-11-28(12-3-1)45(37-18-10-16-32-30-13-5-8-19-38(30)46-42(32)37)29-23-21-27(22-24-29)41-35-26-25-33-31-14-6-9-20-39(31)47-43(33)40(35)34-15-4-7-17-36(34)44-41/h1-26H. The van der Waals surface area contributed by atoms with Crippen molar-refractivity contribution in [2.24, 2.45) is 0 Å². The van der Waals surface area contributed by atoms with Crippen LogP contribution in [0.25, 0.3) is 75.0 Å². The molecule has 0 atom stereocenters. The van der Waals surface area contributed by atoms with Crippen molar-refractivity contribution >= 4 is 92.2 Å². The third kappa shape index (κ3) is 4.02. The minimum absolute atomic E-state index is 0.871. The first-order valence-electron chi connectivity index (χ1n) is 15.8. The van der Waals surface area contributed by atoms with Crippen LogP contribution < -0.4 is 4.90 Å². The number of fused-ring (bicyclic) bond motifs is 10. The van der Waals surface area contributed by atoms with E-state index in [1.54, 1.807) is 0 Å². The monoisotopic (exact) mass is 618 g/mol. The smallest absolute Gasteiger partial charge is 0.159 e. The summed E-state index contributed by atoms with van der Waals surface area (Å²) in [6.07, 6.45) is 0. The van der Waals surface area contributed by atoms with Gasteiger partial charge in [0.05, 0.1) is 16.9 Å². The zero-order chi connectivity index (χ0) is 30.9. The van der Waals surface area contributed by atoms with Gasteiger partial charge in [0.15, 0.2) is 5.58 Å². The fourth-order valence-corrected chi connectivity index (χ4v) is 8.38. The van der Waals surface area contributed by atoms with E-state index in [2.05, 4.69) is 150 Å². The fraction of sp³-hybridized carbons (Fsp3) is 0. The highest BCUT2D eigenvalue weighted by molar-refractivity contribution is 7.26. The molecule has 0 spiro atoms. The molecular weight excluding hydrogens is 593 g/mol. The Bertz CT molecular complexity index is 2800. The van der Waals surface area contributed by atoms with Crippen LogP contribution in [0, 0.1) is 0 Å². The average Bonchev–Trinajstić information content (AvgIpc) is 3.71. The van der Waals surface area contributed by atoms with Gasteiger partial charge < -0.3 is 9.32 Å². The van der Waals surface area contributed by atoms with E-state index < -0.39 is 0 Å². The number of hydrogen-bond acceptors (Lipinski definition) is 4. The molecule has 220 valence electrons. The first-order valence-corrected chi connectivity index (χ1v) is 16.6. The van der Waals surface area contributed by atoms with E-state index in [4.69, 9.17) is 9.40 Å². The first kappa shape index (κ1) is 26.3. The maximum atomic E-state index is 6.50. The van der Waals surface area contributed by atoms with Crippen molar-refractivity contribution in [1.29, 1.82) is 0 Å². The van der Waals surface area contributed by atoms with Gasteiger partial charge in [-0.2, -0.15) is 0 Å². The highest BCUT2D eigenvalue weighted by Crippen LogP contribution is 2.45. The number of furan rings is 1. The number of nitrogens with zero attached hydrogens (tertiary/aromatic N) is 2. The van der Waals surface area contributed by atoms with E-state index >= 15 is 0 Å². The lowest BCUT2D eigenvalue weighted by atomic mass is 9.98. The summed E-state index contributed by atoms with van der Waals surface area (Å²) >= 11 is 1.87. The molecule has 3 aromatic heterocycles. The van der Waals surface area contributed by atoms with Crippen LogP contribution in [0.15, 0.2) is 162 Å². The lowest BCUT2D eigenvalue weighted by molar-refractivity contribution is 0.669. The fourth-order valence-electron chi connectivity index (χ4n) is 7.12. The Morgan fingerprint density at radius 1 is 0.489 bits per heavy atom. The highest BCUT2D eigenvalue weighted by atomic mass is 32.1. The van der Waals surface area contributed by atoms with Gasteiger partial charge in [-0.25, -0.2) is 4.98 Å². The minimum Gasteiger partial charge on any atom is -0.454 e.